The summed E-state index contributed by atoms with van der Waals surface area (Å²) in [5.41, 5.74) is 10.0. The van der Waals surface area contributed by atoms with E-state index in [1.165, 1.54) is 44.5 Å². The van der Waals surface area contributed by atoms with E-state index < -0.39 is 0 Å². The van der Waals surface area contributed by atoms with Gasteiger partial charge in [0.1, 0.15) is 6.61 Å². The van der Waals surface area contributed by atoms with E-state index in [0.29, 0.717) is 13.2 Å². The Morgan fingerprint density at radius 2 is 1.52 bits per heavy atom. The average molecular weight is 412 g/mol. The summed E-state index contributed by atoms with van der Waals surface area (Å²) in [7, 11) is 0. The van der Waals surface area contributed by atoms with Crippen LogP contribution in [0.15, 0.2) is 66.7 Å². The number of nitrogens with one attached hydrogen (secondary N) is 1. The van der Waals surface area contributed by atoms with Crippen molar-refractivity contribution < 1.29 is 9.53 Å². The van der Waals surface area contributed by atoms with Crippen LogP contribution in [0.4, 0.5) is 4.79 Å². The number of hydrogen-bond donors (Lipinski definition) is 1. The summed E-state index contributed by atoms with van der Waals surface area (Å²) in [5.74, 6) is 0.0887. The standard InChI is InChI=1S/C28H29NO2/c1-19-16-21(3)22(17-20(19)2)10-8-9-15-29-28(30)31-18-27-25-13-6-4-11-23(25)24-12-5-7-14-26(24)27/h4-8,10-14,16-17,27H,9,15,18H2,1-3H3,(H,29,30). The minimum atomic E-state index is -0.363. The Labute approximate surface area is 184 Å². The molecule has 3 nitrogen and oxygen atoms in total. The van der Waals surface area contributed by atoms with Crippen LogP contribution in [0.3, 0.4) is 0 Å². The smallest absolute Gasteiger partial charge is 0.407 e. The zero-order valence-corrected chi connectivity index (χ0v) is 18.4. The topological polar surface area (TPSA) is 38.3 Å². The van der Waals surface area contributed by atoms with Crippen LogP contribution in [0.5, 0.6) is 0 Å². The molecule has 0 bridgehead atoms. The van der Waals surface area contributed by atoms with Crippen molar-refractivity contribution in [2.24, 2.45) is 0 Å². The summed E-state index contributed by atoms with van der Waals surface area (Å²) in [4.78, 5) is 12.2. The van der Waals surface area contributed by atoms with Crippen molar-refractivity contribution in [3.63, 3.8) is 0 Å². The lowest BCUT2D eigenvalue weighted by Crippen LogP contribution is -2.26. The number of amides is 1. The third-order valence-electron chi connectivity index (χ3n) is 6.10. The van der Waals surface area contributed by atoms with Crippen molar-refractivity contribution in [3.05, 3.63) is 100 Å². The number of carbonyl (C=O) groups excluding carboxylic acids is 1. The first kappa shape index (κ1) is 20.9. The van der Waals surface area contributed by atoms with Gasteiger partial charge in [-0.2, -0.15) is 0 Å². The molecule has 3 aromatic rings. The molecule has 1 aliphatic rings. The average Bonchev–Trinajstić information content (AvgIpc) is 3.09. The van der Waals surface area contributed by atoms with Gasteiger partial charge in [-0.05, 0) is 71.7 Å². The van der Waals surface area contributed by atoms with E-state index >= 15 is 0 Å². The highest BCUT2D eigenvalue weighted by atomic mass is 16.5. The minimum absolute atomic E-state index is 0.0887. The molecular weight excluding hydrogens is 382 g/mol. The van der Waals surface area contributed by atoms with E-state index in [9.17, 15) is 4.79 Å². The van der Waals surface area contributed by atoms with Crippen LogP contribution in [-0.2, 0) is 4.74 Å². The molecule has 0 fully saturated rings. The number of aryl methyl sites for hydroxylation is 3. The quantitative estimate of drug-likeness (QED) is 0.467. The van der Waals surface area contributed by atoms with E-state index in [4.69, 9.17) is 4.74 Å². The molecule has 3 aromatic carbocycles. The van der Waals surface area contributed by atoms with Gasteiger partial charge >= 0.3 is 6.09 Å². The summed E-state index contributed by atoms with van der Waals surface area (Å²) in [6.45, 7) is 7.29. The first-order valence-corrected chi connectivity index (χ1v) is 10.9. The number of fused-ring (bicyclic) bond motifs is 3. The predicted molar refractivity (Wildman–Crippen MR) is 127 cm³/mol. The van der Waals surface area contributed by atoms with Gasteiger partial charge in [0.15, 0.2) is 0 Å². The Bertz CT molecular complexity index is 1080. The summed E-state index contributed by atoms with van der Waals surface area (Å²) in [5, 5.41) is 2.86. The largest absolute Gasteiger partial charge is 0.449 e. The molecule has 0 saturated carbocycles. The molecule has 158 valence electrons. The number of alkyl carbamates (subject to hydrolysis) is 1. The molecule has 0 spiro atoms. The fourth-order valence-electron chi connectivity index (χ4n) is 4.28. The van der Waals surface area contributed by atoms with Gasteiger partial charge in [-0.1, -0.05) is 72.8 Å². The van der Waals surface area contributed by atoms with Gasteiger partial charge in [0, 0.05) is 12.5 Å². The van der Waals surface area contributed by atoms with Gasteiger partial charge < -0.3 is 10.1 Å². The first-order valence-electron chi connectivity index (χ1n) is 10.9. The maximum atomic E-state index is 12.2. The van der Waals surface area contributed by atoms with Crippen LogP contribution in [0.2, 0.25) is 0 Å². The predicted octanol–water partition coefficient (Wildman–Crippen LogP) is 6.55. The highest BCUT2D eigenvalue weighted by molar-refractivity contribution is 5.79. The first-order chi connectivity index (χ1) is 15.0. The Morgan fingerprint density at radius 3 is 2.19 bits per heavy atom. The van der Waals surface area contributed by atoms with E-state index in [2.05, 4.69) is 86.8 Å². The third kappa shape index (κ3) is 4.56. The molecule has 1 aliphatic carbocycles. The summed E-state index contributed by atoms with van der Waals surface area (Å²) >= 11 is 0. The van der Waals surface area contributed by atoms with E-state index in [1.54, 1.807) is 0 Å². The van der Waals surface area contributed by atoms with Crippen LogP contribution < -0.4 is 5.32 Å². The van der Waals surface area contributed by atoms with Crippen molar-refractivity contribution >= 4 is 12.2 Å². The molecule has 1 amide bonds. The molecule has 0 aromatic heterocycles. The van der Waals surface area contributed by atoms with Crippen molar-refractivity contribution in [1.29, 1.82) is 0 Å². The lowest BCUT2D eigenvalue weighted by Gasteiger charge is -2.14. The van der Waals surface area contributed by atoms with Gasteiger partial charge in [0.25, 0.3) is 0 Å². The fraction of sp³-hybridized carbons (Fsp3) is 0.250. The van der Waals surface area contributed by atoms with Gasteiger partial charge in [-0.25, -0.2) is 4.79 Å². The monoisotopic (exact) mass is 411 g/mol. The zero-order valence-electron chi connectivity index (χ0n) is 18.4. The number of benzene rings is 3. The van der Waals surface area contributed by atoms with E-state index in [-0.39, 0.29) is 12.0 Å². The van der Waals surface area contributed by atoms with Gasteiger partial charge in [0.2, 0.25) is 0 Å². The maximum Gasteiger partial charge on any atom is 0.407 e. The van der Waals surface area contributed by atoms with Crippen LogP contribution >= 0.6 is 0 Å². The molecule has 31 heavy (non-hydrogen) atoms. The zero-order chi connectivity index (χ0) is 21.8. The number of rotatable bonds is 6. The Kier molecular flexibility index (Phi) is 6.22. The molecule has 1 N–H and O–H groups in total. The number of carbonyl (C=O) groups is 1. The number of ether oxygens (including phenoxy) is 1. The fourth-order valence-corrected chi connectivity index (χ4v) is 4.28. The molecule has 3 heteroatoms. The highest BCUT2D eigenvalue weighted by Gasteiger charge is 2.28. The molecule has 0 unspecified atom stereocenters. The van der Waals surface area contributed by atoms with Crippen molar-refractivity contribution in [3.8, 4) is 11.1 Å². The lowest BCUT2D eigenvalue weighted by atomic mass is 9.98. The second-order valence-electron chi connectivity index (χ2n) is 8.24. The number of hydrogen-bond acceptors (Lipinski definition) is 2. The Morgan fingerprint density at radius 1 is 0.903 bits per heavy atom. The molecule has 0 heterocycles. The van der Waals surface area contributed by atoms with Crippen LogP contribution in [0, 0.1) is 20.8 Å². The molecule has 0 aliphatic heterocycles. The van der Waals surface area contributed by atoms with Crippen LogP contribution in [-0.4, -0.2) is 19.2 Å². The minimum Gasteiger partial charge on any atom is -0.449 e. The van der Waals surface area contributed by atoms with Gasteiger partial charge in [-0.15, -0.1) is 0 Å². The second kappa shape index (κ2) is 9.22. The van der Waals surface area contributed by atoms with E-state index in [1.807, 2.05) is 12.1 Å². The Hall–Kier alpha value is -3.33. The highest BCUT2D eigenvalue weighted by Crippen LogP contribution is 2.44. The molecular formula is C28H29NO2. The second-order valence-corrected chi connectivity index (χ2v) is 8.24. The summed E-state index contributed by atoms with van der Waals surface area (Å²) in [6.07, 6.45) is 4.62. The SMILES string of the molecule is Cc1cc(C)c(C=CCCNC(=O)OCC2c3ccccc3-c3ccccc32)cc1C. The normalized spacial score (nSPS) is 12.6. The van der Waals surface area contributed by atoms with Crippen molar-refractivity contribution in [2.75, 3.05) is 13.2 Å². The van der Waals surface area contributed by atoms with E-state index in [0.717, 1.165) is 6.42 Å². The maximum absolute atomic E-state index is 12.2. The van der Waals surface area contributed by atoms with Crippen LogP contribution in [0.1, 0.15) is 45.7 Å². The third-order valence-corrected chi connectivity index (χ3v) is 6.10. The van der Waals surface area contributed by atoms with Gasteiger partial charge in [-0.3, -0.25) is 0 Å². The molecule has 0 radical (unpaired) electrons. The van der Waals surface area contributed by atoms with Crippen molar-refractivity contribution in [2.45, 2.75) is 33.1 Å². The van der Waals surface area contributed by atoms with Gasteiger partial charge in [0.05, 0.1) is 0 Å². The molecule has 4 rings (SSSR count). The summed E-state index contributed by atoms with van der Waals surface area (Å²) < 4.78 is 5.58. The molecule has 0 atom stereocenters. The molecule has 0 saturated heterocycles. The van der Waals surface area contributed by atoms with Crippen LogP contribution in [0.25, 0.3) is 17.2 Å². The summed E-state index contributed by atoms with van der Waals surface area (Å²) in [6, 6.07) is 21.1. The Balaban J connectivity index is 1.28. The lowest BCUT2D eigenvalue weighted by molar-refractivity contribution is 0.143. The van der Waals surface area contributed by atoms with Crippen molar-refractivity contribution in [1.82, 2.24) is 5.32 Å².